The lowest BCUT2D eigenvalue weighted by Gasteiger charge is -2.06. The van der Waals surface area contributed by atoms with E-state index >= 15 is 0 Å². The molecule has 0 radical (unpaired) electrons. The van der Waals surface area contributed by atoms with Gasteiger partial charge in [0.2, 0.25) is 0 Å². The number of benzene rings is 1. The molecule has 18 heavy (non-hydrogen) atoms. The number of sulfone groups is 1. The van der Waals surface area contributed by atoms with Crippen molar-refractivity contribution in [3.8, 4) is 6.07 Å². The van der Waals surface area contributed by atoms with Gasteiger partial charge < -0.3 is 5.32 Å². The minimum Gasteiger partial charge on any atom is -0.312 e. The lowest BCUT2D eigenvalue weighted by molar-refractivity contribution is 0.592. The fraction of sp³-hybridized carbons (Fsp3) is 0.308. The lowest BCUT2D eigenvalue weighted by atomic mass is 10.2. The molecule has 5 heteroatoms. The summed E-state index contributed by atoms with van der Waals surface area (Å²) in [7, 11) is -3.28. The fourth-order valence-electron chi connectivity index (χ4n) is 1.36. The minimum atomic E-state index is -3.28. The first-order chi connectivity index (χ1) is 8.45. The molecule has 1 N–H and O–H groups in total. The van der Waals surface area contributed by atoms with Crippen molar-refractivity contribution < 1.29 is 8.42 Å². The van der Waals surface area contributed by atoms with Crippen LogP contribution in [0.2, 0.25) is 0 Å². The average Bonchev–Trinajstić information content (AvgIpc) is 2.34. The first kappa shape index (κ1) is 14.4. The Labute approximate surface area is 108 Å². The molecule has 4 nitrogen and oxygen atoms in total. The number of rotatable bonds is 6. The Hall–Kier alpha value is -1.64. The second-order valence-electron chi connectivity index (χ2n) is 4.09. The lowest BCUT2D eigenvalue weighted by Crippen LogP contribution is -2.24. The fourth-order valence-corrected chi connectivity index (χ4v) is 2.56. The highest BCUT2D eigenvalue weighted by Gasteiger charge is 2.13. The molecule has 1 aromatic carbocycles. The Balaban J connectivity index is 2.63. The zero-order chi connectivity index (χ0) is 13.6. The smallest absolute Gasteiger partial charge is 0.179 e. The molecule has 0 amide bonds. The number of nitrogens with zero attached hydrogens (tertiary/aromatic N) is 1. The summed E-state index contributed by atoms with van der Waals surface area (Å²) in [5.41, 5.74) is 1.42. The summed E-state index contributed by atoms with van der Waals surface area (Å²) in [5, 5.41) is 11.6. The monoisotopic (exact) mass is 264 g/mol. The summed E-state index contributed by atoms with van der Waals surface area (Å²) in [6.07, 6.45) is 0. The molecule has 0 atom stereocenters. The van der Waals surface area contributed by atoms with Crippen LogP contribution in [-0.4, -0.2) is 27.3 Å². The van der Waals surface area contributed by atoms with Gasteiger partial charge in [0.1, 0.15) is 0 Å². The molecule has 0 saturated heterocycles. The van der Waals surface area contributed by atoms with Gasteiger partial charge in [-0.2, -0.15) is 5.26 Å². The van der Waals surface area contributed by atoms with Gasteiger partial charge in [-0.3, -0.25) is 0 Å². The highest BCUT2D eigenvalue weighted by molar-refractivity contribution is 7.91. The Morgan fingerprint density at radius 2 is 2.00 bits per heavy atom. The maximum Gasteiger partial charge on any atom is 0.179 e. The zero-order valence-corrected chi connectivity index (χ0v) is 11.1. The Kier molecular flexibility index (Phi) is 5.08. The third-order valence-electron chi connectivity index (χ3n) is 2.32. The molecule has 0 heterocycles. The van der Waals surface area contributed by atoms with E-state index in [1.54, 1.807) is 0 Å². The van der Waals surface area contributed by atoms with Gasteiger partial charge in [0.05, 0.1) is 22.3 Å². The minimum absolute atomic E-state index is 0.0339. The van der Waals surface area contributed by atoms with Crippen LogP contribution in [0.4, 0.5) is 0 Å². The molecule has 0 aliphatic rings. The van der Waals surface area contributed by atoms with E-state index < -0.39 is 9.84 Å². The van der Waals surface area contributed by atoms with Crippen LogP contribution in [0.15, 0.2) is 41.3 Å². The SMILES string of the molecule is C=C(C)CNCCS(=O)(=O)c1ccc(C#N)cc1. The summed E-state index contributed by atoms with van der Waals surface area (Å²) >= 11 is 0. The van der Waals surface area contributed by atoms with Crippen LogP contribution in [0.3, 0.4) is 0 Å². The van der Waals surface area contributed by atoms with Gasteiger partial charge in [0.25, 0.3) is 0 Å². The van der Waals surface area contributed by atoms with Crippen LogP contribution in [0.5, 0.6) is 0 Å². The van der Waals surface area contributed by atoms with E-state index in [2.05, 4.69) is 11.9 Å². The number of nitriles is 1. The molecule has 0 unspecified atom stereocenters. The summed E-state index contributed by atoms with van der Waals surface area (Å²) in [5.74, 6) is 0.0339. The van der Waals surface area contributed by atoms with Crippen molar-refractivity contribution in [3.63, 3.8) is 0 Å². The van der Waals surface area contributed by atoms with Crippen LogP contribution in [-0.2, 0) is 9.84 Å². The largest absolute Gasteiger partial charge is 0.312 e. The zero-order valence-electron chi connectivity index (χ0n) is 10.3. The van der Waals surface area contributed by atoms with Crippen molar-refractivity contribution >= 4 is 9.84 Å². The van der Waals surface area contributed by atoms with E-state index in [0.717, 1.165) is 5.57 Å². The normalized spacial score (nSPS) is 10.9. The molecule has 96 valence electrons. The highest BCUT2D eigenvalue weighted by Crippen LogP contribution is 2.11. The van der Waals surface area contributed by atoms with Crippen LogP contribution >= 0.6 is 0 Å². The molecule has 1 aromatic rings. The molecule has 0 saturated carbocycles. The topological polar surface area (TPSA) is 70.0 Å². The summed E-state index contributed by atoms with van der Waals surface area (Å²) < 4.78 is 23.9. The Bertz CT molecular complexity index is 554. The maximum atomic E-state index is 11.9. The van der Waals surface area contributed by atoms with E-state index in [-0.39, 0.29) is 10.6 Å². The van der Waals surface area contributed by atoms with Crippen molar-refractivity contribution in [1.82, 2.24) is 5.32 Å². The van der Waals surface area contributed by atoms with E-state index in [1.807, 2.05) is 13.0 Å². The van der Waals surface area contributed by atoms with Gasteiger partial charge in [0.15, 0.2) is 9.84 Å². The molecule has 0 bridgehead atoms. The molecule has 0 aliphatic carbocycles. The van der Waals surface area contributed by atoms with Gasteiger partial charge >= 0.3 is 0 Å². The van der Waals surface area contributed by atoms with E-state index in [9.17, 15) is 8.42 Å². The van der Waals surface area contributed by atoms with Crippen molar-refractivity contribution in [1.29, 1.82) is 5.26 Å². The average molecular weight is 264 g/mol. The van der Waals surface area contributed by atoms with E-state index in [1.165, 1.54) is 24.3 Å². The highest BCUT2D eigenvalue weighted by atomic mass is 32.2. The number of hydrogen-bond donors (Lipinski definition) is 1. The van der Waals surface area contributed by atoms with Crippen molar-refractivity contribution in [2.75, 3.05) is 18.8 Å². The summed E-state index contributed by atoms with van der Waals surface area (Å²) in [6, 6.07) is 7.90. The van der Waals surface area contributed by atoms with Gasteiger partial charge in [-0.05, 0) is 31.2 Å². The van der Waals surface area contributed by atoms with E-state index in [4.69, 9.17) is 5.26 Å². The van der Waals surface area contributed by atoms with Crippen molar-refractivity contribution in [3.05, 3.63) is 42.0 Å². The van der Waals surface area contributed by atoms with Crippen molar-refractivity contribution in [2.24, 2.45) is 0 Å². The van der Waals surface area contributed by atoms with E-state index in [0.29, 0.717) is 18.7 Å². The second kappa shape index (κ2) is 6.34. The van der Waals surface area contributed by atoms with Crippen molar-refractivity contribution in [2.45, 2.75) is 11.8 Å². The predicted octanol–water partition coefficient (Wildman–Crippen LogP) is 1.50. The third-order valence-corrected chi connectivity index (χ3v) is 4.05. The van der Waals surface area contributed by atoms with Crippen LogP contribution in [0.1, 0.15) is 12.5 Å². The molecular weight excluding hydrogens is 248 g/mol. The van der Waals surface area contributed by atoms with Crippen LogP contribution in [0, 0.1) is 11.3 Å². The third kappa shape index (κ3) is 4.32. The molecule has 0 aromatic heterocycles. The van der Waals surface area contributed by atoms with Gasteiger partial charge in [-0.1, -0.05) is 12.2 Å². The summed E-state index contributed by atoms with van der Waals surface area (Å²) in [4.78, 5) is 0.249. The molecule has 0 aliphatic heterocycles. The molecule has 1 rings (SSSR count). The Morgan fingerprint density at radius 1 is 1.39 bits per heavy atom. The molecule has 0 fully saturated rings. The molecular formula is C13H16N2O2S. The summed E-state index contributed by atoms with van der Waals surface area (Å²) in [6.45, 7) is 6.60. The van der Waals surface area contributed by atoms with Gasteiger partial charge in [-0.15, -0.1) is 0 Å². The first-order valence-corrected chi connectivity index (χ1v) is 7.19. The molecule has 0 spiro atoms. The van der Waals surface area contributed by atoms with Crippen LogP contribution in [0.25, 0.3) is 0 Å². The quantitative estimate of drug-likeness (QED) is 0.624. The number of hydrogen-bond acceptors (Lipinski definition) is 4. The van der Waals surface area contributed by atoms with Crippen LogP contribution < -0.4 is 5.32 Å². The van der Waals surface area contributed by atoms with Gasteiger partial charge in [-0.25, -0.2) is 8.42 Å². The Morgan fingerprint density at radius 3 is 2.50 bits per heavy atom. The second-order valence-corrected chi connectivity index (χ2v) is 6.20. The maximum absolute atomic E-state index is 11.9. The first-order valence-electron chi connectivity index (χ1n) is 5.54. The van der Waals surface area contributed by atoms with Gasteiger partial charge in [0, 0.05) is 13.1 Å². The number of nitrogens with one attached hydrogen (secondary N) is 1. The predicted molar refractivity (Wildman–Crippen MR) is 70.9 cm³/mol. The standard InChI is InChI=1S/C13H16N2O2S/c1-11(2)10-15-7-8-18(16,17)13-5-3-12(9-14)4-6-13/h3-6,15H,1,7-8,10H2,2H3.